The maximum Gasteiger partial charge on any atom is 0.256 e. The van der Waals surface area contributed by atoms with Gasteiger partial charge in [-0.15, -0.1) is 0 Å². The monoisotopic (exact) mass is 361 g/mol. The van der Waals surface area contributed by atoms with Crippen LogP contribution < -0.4 is 0 Å². The fourth-order valence-corrected chi connectivity index (χ4v) is 2.75. The number of H-pyrrole nitrogens is 1. The number of carbonyl (C=O) groups is 1. The van der Waals surface area contributed by atoms with Crippen LogP contribution in [0.5, 0.6) is 0 Å². The van der Waals surface area contributed by atoms with Crippen LogP contribution >= 0.6 is 15.9 Å². The summed E-state index contributed by atoms with van der Waals surface area (Å²) in [5, 5.41) is 7.65. The number of hydrogen-bond acceptors (Lipinski definition) is 2. The lowest BCUT2D eigenvalue weighted by Crippen LogP contribution is -2.26. The molecule has 4 nitrogen and oxygen atoms in total. The molecule has 0 aliphatic carbocycles. The van der Waals surface area contributed by atoms with Crippen molar-refractivity contribution in [3.05, 3.63) is 64.0 Å². The summed E-state index contributed by atoms with van der Waals surface area (Å²) < 4.78 is 14.6. The van der Waals surface area contributed by atoms with Crippen LogP contribution in [0.15, 0.2) is 47.1 Å². The van der Waals surface area contributed by atoms with Crippen molar-refractivity contribution in [2.45, 2.75) is 6.54 Å². The van der Waals surface area contributed by atoms with E-state index in [2.05, 4.69) is 26.1 Å². The number of hydrogen-bond donors (Lipinski definition) is 1. The molecule has 1 heterocycles. The van der Waals surface area contributed by atoms with Crippen LogP contribution in [0.2, 0.25) is 0 Å². The van der Waals surface area contributed by atoms with Gasteiger partial charge >= 0.3 is 0 Å². The molecule has 0 bridgehead atoms. The first-order chi connectivity index (χ1) is 10.6. The summed E-state index contributed by atoms with van der Waals surface area (Å²) in [5.74, 6) is -0.517. The Morgan fingerprint density at radius 1 is 1.36 bits per heavy atom. The predicted molar refractivity (Wildman–Crippen MR) is 86.0 cm³/mol. The predicted octanol–water partition coefficient (Wildman–Crippen LogP) is 3.74. The zero-order valence-corrected chi connectivity index (χ0v) is 13.4. The highest BCUT2D eigenvalue weighted by Gasteiger charge is 2.17. The van der Waals surface area contributed by atoms with E-state index in [1.807, 2.05) is 6.07 Å². The third-order valence-electron chi connectivity index (χ3n) is 3.47. The molecule has 2 aromatic carbocycles. The number of carbonyl (C=O) groups excluding carboxylic acids is 1. The molecule has 112 valence electrons. The lowest BCUT2D eigenvalue weighted by atomic mass is 10.1. The molecule has 0 radical (unpaired) electrons. The van der Waals surface area contributed by atoms with Gasteiger partial charge in [-0.1, -0.05) is 28.1 Å². The van der Waals surface area contributed by atoms with Crippen LogP contribution in [0.4, 0.5) is 4.39 Å². The normalized spacial score (nSPS) is 10.9. The molecule has 1 N–H and O–H groups in total. The number of halogens is 2. The van der Waals surface area contributed by atoms with Crippen molar-refractivity contribution < 1.29 is 9.18 Å². The number of nitrogens with zero attached hydrogens (tertiary/aromatic N) is 2. The largest absolute Gasteiger partial charge is 0.337 e. The summed E-state index contributed by atoms with van der Waals surface area (Å²) in [5.41, 5.74) is 1.67. The van der Waals surface area contributed by atoms with Crippen molar-refractivity contribution in [3.8, 4) is 0 Å². The first kappa shape index (κ1) is 14.7. The van der Waals surface area contributed by atoms with E-state index in [0.29, 0.717) is 16.6 Å². The maximum atomic E-state index is 13.8. The minimum absolute atomic E-state index is 0.186. The second kappa shape index (κ2) is 5.88. The Morgan fingerprint density at radius 2 is 2.18 bits per heavy atom. The highest BCUT2D eigenvalue weighted by molar-refractivity contribution is 9.10. The molecule has 0 fully saturated rings. The fourth-order valence-electron chi connectivity index (χ4n) is 2.34. The second-order valence-electron chi connectivity index (χ2n) is 5.04. The van der Waals surface area contributed by atoms with E-state index in [9.17, 15) is 9.18 Å². The number of rotatable bonds is 3. The number of fused-ring (bicyclic) bond motifs is 1. The van der Waals surface area contributed by atoms with Crippen LogP contribution in [-0.4, -0.2) is 28.1 Å². The third-order valence-corrected chi connectivity index (χ3v) is 3.96. The average molecular weight is 362 g/mol. The van der Waals surface area contributed by atoms with Gasteiger partial charge in [-0.3, -0.25) is 9.89 Å². The maximum absolute atomic E-state index is 13.8. The summed E-state index contributed by atoms with van der Waals surface area (Å²) in [6.45, 7) is 0.189. The number of aromatic amines is 1. The summed E-state index contributed by atoms with van der Waals surface area (Å²) >= 11 is 3.31. The topological polar surface area (TPSA) is 49.0 Å². The molecule has 0 saturated heterocycles. The van der Waals surface area contributed by atoms with Gasteiger partial charge in [0.2, 0.25) is 0 Å². The SMILES string of the molecule is CN(Cc1cc(Br)ccc1F)C(=O)c1cccc2cn[nH]c12. The van der Waals surface area contributed by atoms with Crippen LogP contribution in [0.3, 0.4) is 0 Å². The molecule has 0 aliphatic heterocycles. The second-order valence-corrected chi connectivity index (χ2v) is 5.95. The van der Waals surface area contributed by atoms with Gasteiger partial charge in [-0.2, -0.15) is 5.10 Å². The number of para-hydroxylation sites is 1. The molecule has 0 atom stereocenters. The van der Waals surface area contributed by atoms with E-state index in [4.69, 9.17) is 0 Å². The molecule has 22 heavy (non-hydrogen) atoms. The van der Waals surface area contributed by atoms with Gasteiger partial charge in [-0.05, 0) is 24.3 Å². The first-order valence-electron chi connectivity index (χ1n) is 6.68. The first-order valence-corrected chi connectivity index (χ1v) is 7.47. The molecule has 3 aromatic rings. The Morgan fingerprint density at radius 3 is 3.00 bits per heavy atom. The van der Waals surface area contributed by atoms with Crippen LogP contribution in [0.25, 0.3) is 10.9 Å². The molecule has 1 amide bonds. The van der Waals surface area contributed by atoms with E-state index in [-0.39, 0.29) is 18.3 Å². The van der Waals surface area contributed by atoms with Crippen LogP contribution in [-0.2, 0) is 6.54 Å². The molecule has 0 aliphatic rings. The zero-order valence-electron chi connectivity index (χ0n) is 11.8. The Labute approximate surface area is 135 Å². The summed E-state index contributed by atoms with van der Waals surface area (Å²) in [4.78, 5) is 14.1. The Balaban J connectivity index is 1.89. The highest BCUT2D eigenvalue weighted by atomic mass is 79.9. The van der Waals surface area contributed by atoms with Gasteiger partial charge in [0.1, 0.15) is 5.82 Å². The lowest BCUT2D eigenvalue weighted by molar-refractivity contribution is 0.0785. The van der Waals surface area contributed by atoms with E-state index in [1.165, 1.54) is 11.0 Å². The van der Waals surface area contributed by atoms with E-state index in [1.54, 1.807) is 37.5 Å². The summed E-state index contributed by atoms with van der Waals surface area (Å²) in [6.07, 6.45) is 1.67. The number of benzene rings is 2. The van der Waals surface area contributed by atoms with Crippen molar-refractivity contribution in [3.63, 3.8) is 0 Å². The van der Waals surface area contributed by atoms with Crippen molar-refractivity contribution in [1.82, 2.24) is 15.1 Å². The smallest absolute Gasteiger partial charge is 0.256 e. The minimum atomic E-state index is -0.331. The van der Waals surface area contributed by atoms with Crippen molar-refractivity contribution in [2.24, 2.45) is 0 Å². The zero-order chi connectivity index (χ0) is 15.7. The van der Waals surface area contributed by atoms with E-state index >= 15 is 0 Å². The Hall–Kier alpha value is -2.21. The molecule has 3 rings (SSSR count). The van der Waals surface area contributed by atoms with E-state index in [0.717, 1.165) is 9.86 Å². The molecule has 0 saturated carbocycles. The lowest BCUT2D eigenvalue weighted by Gasteiger charge is -2.18. The number of aromatic nitrogens is 2. The standard InChI is InChI=1S/C16H13BrFN3O/c1-21(9-11-7-12(17)5-6-14(11)18)16(22)13-4-2-3-10-8-19-20-15(10)13/h2-8H,9H2,1H3,(H,19,20). The van der Waals surface area contributed by atoms with Crippen molar-refractivity contribution in [1.29, 1.82) is 0 Å². The molecule has 0 unspecified atom stereocenters. The van der Waals surface area contributed by atoms with Gasteiger partial charge in [0.15, 0.2) is 0 Å². The summed E-state index contributed by atoms with van der Waals surface area (Å²) in [6, 6.07) is 10.1. The van der Waals surface area contributed by atoms with Gasteiger partial charge < -0.3 is 4.90 Å². The van der Waals surface area contributed by atoms with Gasteiger partial charge in [0, 0.05) is 29.0 Å². The van der Waals surface area contributed by atoms with Crippen molar-refractivity contribution in [2.75, 3.05) is 7.05 Å². The van der Waals surface area contributed by atoms with Gasteiger partial charge in [0.25, 0.3) is 5.91 Å². The minimum Gasteiger partial charge on any atom is -0.337 e. The summed E-state index contributed by atoms with van der Waals surface area (Å²) in [7, 11) is 1.65. The van der Waals surface area contributed by atoms with Gasteiger partial charge in [0.05, 0.1) is 17.3 Å². The fraction of sp³-hybridized carbons (Fsp3) is 0.125. The van der Waals surface area contributed by atoms with E-state index < -0.39 is 0 Å². The number of nitrogens with one attached hydrogen (secondary N) is 1. The van der Waals surface area contributed by atoms with Crippen molar-refractivity contribution >= 4 is 32.7 Å². The van der Waals surface area contributed by atoms with Crippen LogP contribution in [0.1, 0.15) is 15.9 Å². The molecular formula is C16H13BrFN3O. The Bertz CT molecular complexity index is 846. The third kappa shape index (κ3) is 2.74. The molecular weight excluding hydrogens is 349 g/mol. The highest BCUT2D eigenvalue weighted by Crippen LogP contribution is 2.20. The Kier molecular flexibility index (Phi) is 3.94. The number of amides is 1. The van der Waals surface area contributed by atoms with Crippen LogP contribution in [0, 0.1) is 5.82 Å². The quantitative estimate of drug-likeness (QED) is 0.772. The average Bonchev–Trinajstić information content (AvgIpc) is 2.98. The molecule has 6 heteroatoms. The molecule has 1 aromatic heterocycles. The van der Waals surface area contributed by atoms with Gasteiger partial charge in [-0.25, -0.2) is 4.39 Å². The molecule has 0 spiro atoms.